The minimum atomic E-state index is -0.407. The zero-order chi connectivity index (χ0) is 22.2. The Kier molecular flexibility index (Phi) is 5.04. The number of hydrogen-bond acceptors (Lipinski definition) is 6. The normalized spacial score (nSPS) is 15.7. The van der Waals surface area contributed by atoms with Crippen molar-refractivity contribution < 1.29 is 14.4 Å². The van der Waals surface area contributed by atoms with Crippen molar-refractivity contribution in [2.24, 2.45) is 5.92 Å². The predicted octanol–water partition coefficient (Wildman–Crippen LogP) is 1.76. The zero-order valence-corrected chi connectivity index (χ0v) is 17.7. The van der Waals surface area contributed by atoms with Gasteiger partial charge in [0.25, 0.3) is 11.8 Å². The second-order valence-electron chi connectivity index (χ2n) is 8.12. The first-order valence-electron chi connectivity index (χ1n) is 10.7. The highest BCUT2D eigenvalue weighted by Gasteiger charge is 2.30. The summed E-state index contributed by atoms with van der Waals surface area (Å²) in [6, 6.07) is 6.95. The van der Waals surface area contributed by atoms with Crippen molar-refractivity contribution in [3.05, 3.63) is 41.9 Å². The minimum absolute atomic E-state index is 0.000604. The number of imidazole rings is 1. The van der Waals surface area contributed by atoms with E-state index in [0.717, 1.165) is 38.8 Å². The molecule has 0 bridgehead atoms. The molecule has 1 aliphatic heterocycles. The highest BCUT2D eigenvalue weighted by molar-refractivity contribution is 5.99. The van der Waals surface area contributed by atoms with Gasteiger partial charge in [0.05, 0.1) is 16.7 Å². The largest absolute Gasteiger partial charge is 0.354 e. The molecule has 3 aromatic rings. The van der Waals surface area contributed by atoms with Gasteiger partial charge >= 0.3 is 0 Å². The number of hydrogen-bond donors (Lipinski definition) is 2. The van der Waals surface area contributed by atoms with Crippen LogP contribution in [0, 0.1) is 5.92 Å². The van der Waals surface area contributed by atoms with Gasteiger partial charge in [-0.2, -0.15) is 0 Å². The van der Waals surface area contributed by atoms with Gasteiger partial charge in [-0.05, 0) is 43.9 Å². The fourth-order valence-electron chi connectivity index (χ4n) is 3.92. The van der Waals surface area contributed by atoms with Crippen LogP contribution in [0.3, 0.4) is 0 Å². The molecule has 32 heavy (non-hydrogen) atoms. The number of benzene rings is 1. The summed E-state index contributed by atoms with van der Waals surface area (Å²) in [4.78, 5) is 43.6. The number of likely N-dealkylation sites (tertiary alicyclic amines) is 1. The molecule has 2 fully saturated rings. The van der Waals surface area contributed by atoms with Crippen LogP contribution in [0.15, 0.2) is 30.6 Å². The molecule has 10 nitrogen and oxygen atoms in total. The van der Waals surface area contributed by atoms with Crippen LogP contribution >= 0.6 is 0 Å². The standard InChI is InChI=1S/C22H23N7O3/c1-23-21(31)19-17(11-18(26-27-19)25-20(30)13-4-5-13)29-12-24-15-10-14(6-7-16(15)29)22(32)28-8-2-3-9-28/h6-7,10-13H,2-5,8-9H2,1H3,(H,23,31)(H,25,26,30). The SMILES string of the molecule is CNC(=O)c1nnc(NC(=O)C2CC2)cc1-n1cnc2cc(C(=O)N3CCCC3)ccc21. The van der Waals surface area contributed by atoms with Crippen molar-refractivity contribution in [2.75, 3.05) is 25.5 Å². The lowest BCUT2D eigenvalue weighted by Gasteiger charge is -2.15. The number of carbonyl (C=O) groups excluding carboxylic acids is 3. The van der Waals surface area contributed by atoms with E-state index in [1.54, 1.807) is 29.1 Å². The fraction of sp³-hybridized carbons (Fsp3) is 0.364. The lowest BCUT2D eigenvalue weighted by atomic mass is 10.1. The van der Waals surface area contributed by atoms with E-state index < -0.39 is 5.91 Å². The monoisotopic (exact) mass is 433 g/mol. The van der Waals surface area contributed by atoms with Crippen molar-refractivity contribution in [1.29, 1.82) is 0 Å². The first-order valence-corrected chi connectivity index (χ1v) is 10.7. The molecule has 2 aliphatic rings. The molecule has 2 N–H and O–H groups in total. The molecule has 0 spiro atoms. The molecule has 3 amide bonds. The third kappa shape index (κ3) is 3.68. The van der Waals surface area contributed by atoms with Crippen LogP contribution in [0.2, 0.25) is 0 Å². The molecular formula is C22H23N7O3. The van der Waals surface area contributed by atoms with E-state index in [1.807, 2.05) is 11.0 Å². The van der Waals surface area contributed by atoms with E-state index >= 15 is 0 Å². The highest BCUT2D eigenvalue weighted by atomic mass is 16.2. The topological polar surface area (TPSA) is 122 Å². The number of carbonyl (C=O) groups is 3. The van der Waals surface area contributed by atoms with E-state index in [1.165, 1.54) is 7.05 Å². The van der Waals surface area contributed by atoms with Crippen LogP contribution in [0.5, 0.6) is 0 Å². The Labute approximate surface area is 184 Å². The molecule has 5 rings (SSSR count). The Bertz CT molecular complexity index is 1230. The maximum absolute atomic E-state index is 12.7. The van der Waals surface area contributed by atoms with Gasteiger partial charge in [-0.25, -0.2) is 4.98 Å². The molecule has 0 unspecified atom stereocenters. The van der Waals surface area contributed by atoms with E-state index in [9.17, 15) is 14.4 Å². The summed E-state index contributed by atoms with van der Waals surface area (Å²) in [6.07, 6.45) is 5.37. The number of amides is 3. The van der Waals surface area contributed by atoms with E-state index in [0.29, 0.717) is 22.3 Å². The lowest BCUT2D eigenvalue weighted by molar-refractivity contribution is -0.117. The van der Waals surface area contributed by atoms with Gasteiger partial charge in [-0.1, -0.05) is 0 Å². The number of aromatic nitrogens is 4. The number of fused-ring (bicyclic) bond motifs is 1. The van der Waals surface area contributed by atoms with Crippen LogP contribution in [0.1, 0.15) is 46.5 Å². The Hall–Kier alpha value is -3.82. The average Bonchev–Trinajstić information content (AvgIpc) is 3.36. The van der Waals surface area contributed by atoms with E-state index in [4.69, 9.17) is 0 Å². The van der Waals surface area contributed by atoms with Crippen molar-refractivity contribution in [3.8, 4) is 5.69 Å². The van der Waals surface area contributed by atoms with Crippen LogP contribution in [-0.2, 0) is 4.79 Å². The Morgan fingerprint density at radius 2 is 1.84 bits per heavy atom. The minimum Gasteiger partial charge on any atom is -0.354 e. The van der Waals surface area contributed by atoms with Gasteiger partial charge in [-0.3, -0.25) is 19.0 Å². The van der Waals surface area contributed by atoms with Crippen LogP contribution in [0.25, 0.3) is 16.7 Å². The molecular weight excluding hydrogens is 410 g/mol. The van der Waals surface area contributed by atoms with Crippen molar-refractivity contribution in [2.45, 2.75) is 25.7 Å². The molecule has 1 aromatic carbocycles. The quantitative estimate of drug-likeness (QED) is 0.632. The Morgan fingerprint density at radius 1 is 1.06 bits per heavy atom. The molecule has 10 heteroatoms. The van der Waals surface area contributed by atoms with Gasteiger partial charge < -0.3 is 15.5 Å². The molecule has 1 saturated carbocycles. The zero-order valence-electron chi connectivity index (χ0n) is 17.7. The first-order chi connectivity index (χ1) is 15.5. The number of rotatable bonds is 5. The average molecular weight is 433 g/mol. The third-order valence-corrected chi connectivity index (χ3v) is 5.86. The lowest BCUT2D eigenvalue weighted by Crippen LogP contribution is -2.27. The summed E-state index contributed by atoms with van der Waals surface area (Å²) in [5, 5.41) is 13.4. The molecule has 164 valence electrons. The van der Waals surface area contributed by atoms with Crippen molar-refractivity contribution in [1.82, 2.24) is 30.0 Å². The molecule has 0 atom stereocenters. The number of anilines is 1. The van der Waals surface area contributed by atoms with Crippen LogP contribution in [-0.4, -0.2) is 62.5 Å². The first kappa shape index (κ1) is 20.1. The summed E-state index contributed by atoms with van der Waals surface area (Å²) < 4.78 is 1.71. The van der Waals surface area contributed by atoms with Gasteiger partial charge in [-0.15, -0.1) is 10.2 Å². The molecule has 0 radical (unpaired) electrons. The number of nitrogens with zero attached hydrogens (tertiary/aromatic N) is 5. The second kappa shape index (κ2) is 8.03. The van der Waals surface area contributed by atoms with Crippen LogP contribution in [0.4, 0.5) is 5.82 Å². The summed E-state index contributed by atoms with van der Waals surface area (Å²) in [6.45, 7) is 1.55. The predicted molar refractivity (Wildman–Crippen MR) is 117 cm³/mol. The van der Waals surface area contributed by atoms with E-state index in [-0.39, 0.29) is 29.2 Å². The van der Waals surface area contributed by atoms with Gasteiger partial charge in [0.2, 0.25) is 5.91 Å². The second-order valence-corrected chi connectivity index (χ2v) is 8.12. The van der Waals surface area contributed by atoms with Crippen LogP contribution < -0.4 is 10.6 Å². The number of nitrogens with one attached hydrogen (secondary N) is 2. The maximum Gasteiger partial charge on any atom is 0.273 e. The van der Waals surface area contributed by atoms with Crippen molar-refractivity contribution in [3.63, 3.8) is 0 Å². The molecule has 3 heterocycles. The maximum atomic E-state index is 12.7. The molecule has 1 saturated heterocycles. The molecule has 1 aliphatic carbocycles. The van der Waals surface area contributed by atoms with Gasteiger partial charge in [0.15, 0.2) is 11.5 Å². The smallest absolute Gasteiger partial charge is 0.273 e. The Morgan fingerprint density at radius 3 is 2.56 bits per heavy atom. The van der Waals surface area contributed by atoms with Gasteiger partial charge in [0.1, 0.15) is 6.33 Å². The highest BCUT2D eigenvalue weighted by Crippen LogP contribution is 2.30. The summed E-state index contributed by atoms with van der Waals surface area (Å²) in [5.41, 5.74) is 2.46. The summed E-state index contributed by atoms with van der Waals surface area (Å²) >= 11 is 0. The third-order valence-electron chi connectivity index (χ3n) is 5.86. The van der Waals surface area contributed by atoms with E-state index in [2.05, 4.69) is 25.8 Å². The summed E-state index contributed by atoms with van der Waals surface area (Å²) in [7, 11) is 1.51. The van der Waals surface area contributed by atoms with Gasteiger partial charge in [0, 0.05) is 37.7 Å². The fourth-order valence-corrected chi connectivity index (χ4v) is 3.92. The summed E-state index contributed by atoms with van der Waals surface area (Å²) in [5.74, 6) is -0.221. The van der Waals surface area contributed by atoms with Crippen molar-refractivity contribution >= 4 is 34.6 Å². The molecule has 2 aromatic heterocycles. The Balaban J connectivity index is 1.53.